The van der Waals surface area contributed by atoms with E-state index in [1.165, 1.54) is 19.3 Å². The Bertz CT molecular complexity index is 269. The summed E-state index contributed by atoms with van der Waals surface area (Å²) in [6.45, 7) is 2.75. The van der Waals surface area contributed by atoms with E-state index in [1.807, 2.05) is 6.92 Å². The van der Waals surface area contributed by atoms with Crippen LogP contribution in [0.25, 0.3) is 0 Å². The number of nitrogens with zero attached hydrogens (tertiary/aromatic N) is 1. The molecular formula is C11H19N3O. The Morgan fingerprint density at radius 2 is 2.13 bits per heavy atom. The number of carbonyl (C=O) groups is 1. The molecule has 1 amide bonds. The Morgan fingerprint density at radius 3 is 2.73 bits per heavy atom. The molecule has 2 N–H and O–H groups in total. The van der Waals surface area contributed by atoms with Crippen LogP contribution in [-0.4, -0.2) is 30.4 Å². The SMILES string of the molecule is CC1CN=C(C(=O)NC2CCCCC2)N1. The molecule has 84 valence electrons. The van der Waals surface area contributed by atoms with Gasteiger partial charge >= 0.3 is 0 Å². The van der Waals surface area contributed by atoms with Gasteiger partial charge in [-0.15, -0.1) is 0 Å². The molecule has 0 saturated heterocycles. The van der Waals surface area contributed by atoms with E-state index in [9.17, 15) is 4.79 Å². The van der Waals surface area contributed by atoms with Gasteiger partial charge in [-0.05, 0) is 19.8 Å². The zero-order chi connectivity index (χ0) is 10.7. The van der Waals surface area contributed by atoms with Crippen LogP contribution in [0.15, 0.2) is 4.99 Å². The molecule has 1 saturated carbocycles. The monoisotopic (exact) mass is 209 g/mol. The van der Waals surface area contributed by atoms with E-state index in [-0.39, 0.29) is 5.91 Å². The van der Waals surface area contributed by atoms with Gasteiger partial charge in [-0.2, -0.15) is 0 Å². The van der Waals surface area contributed by atoms with Crippen molar-refractivity contribution in [3.05, 3.63) is 0 Å². The van der Waals surface area contributed by atoms with Gasteiger partial charge in [0.25, 0.3) is 5.91 Å². The maximum absolute atomic E-state index is 11.8. The van der Waals surface area contributed by atoms with Crippen LogP contribution >= 0.6 is 0 Å². The maximum atomic E-state index is 11.8. The standard InChI is InChI=1S/C11H19N3O/c1-8-7-12-10(13-8)11(15)14-9-5-3-2-4-6-9/h8-9H,2-7H2,1H3,(H,12,13)(H,14,15). The lowest BCUT2D eigenvalue weighted by atomic mass is 9.95. The first-order chi connectivity index (χ1) is 7.25. The van der Waals surface area contributed by atoms with Crippen molar-refractivity contribution in [3.8, 4) is 0 Å². The van der Waals surface area contributed by atoms with Crippen LogP contribution < -0.4 is 10.6 Å². The summed E-state index contributed by atoms with van der Waals surface area (Å²) in [5, 5.41) is 6.13. The number of amides is 1. The van der Waals surface area contributed by atoms with Gasteiger partial charge in [0, 0.05) is 12.1 Å². The van der Waals surface area contributed by atoms with Crippen molar-refractivity contribution in [1.29, 1.82) is 0 Å². The predicted octanol–water partition coefficient (Wildman–Crippen LogP) is 0.825. The van der Waals surface area contributed by atoms with Gasteiger partial charge in [0.15, 0.2) is 5.84 Å². The average molecular weight is 209 g/mol. The first-order valence-electron chi connectivity index (χ1n) is 5.87. The lowest BCUT2D eigenvalue weighted by Gasteiger charge is -2.22. The number of hydrogen-bond acceptors (Lipinski definition) is 3. The summed E-state index contributed by atoms with van der Waals surface area (Å²) in [7, 11) is 0. The molecule has 0 aromatic heterocycles. The second-order valence-electron chi connectivity index (χ2n) is 4.54. The minimum absolute atomic E-state index is 0.0220. The topological polar surface area (TPSA) is 53.5 Å². The molecule has 1 atom stereocenters. The van der Waals surface area contributed by atoms with Crippen molar-refractivity contribution in [1.82, 2.24) is 10.6 Å². The summed E-state index contributed by atoms with van der Waals surface area (Å²) >= 11 is 0. The van der Waals surface area contributed by atoms with Gasteiger partial charge in [-0.25, -0.2) is 0 Å². The molecule has 2 rings (SSSR count). The van der Waals surface area contributed by atoms with Crippen molar-refractivity contribution in [2.75, 3.05) is 6.54 Å². The molecule has 0 aromatic rings. The zero-order valence-electron chi connectivity index (χ0n) is 9.25. The van der Waals surface area contributed by atoms with E-state index in [1.54, 1.807) is 0 Å². The Labute approximate surface area is 90.5 Å². The number of hydrogen-bond donors (Lipinski definition) is 2. The van der Waals surface area contributed by atoms with Crippen molar-refractivity contribution in [2.24, 2.45) is 4.99 Å². The van der Waals surface area contributed by atoms with Gasteiger partial charge in [0.1, 0.15) is 0 Å². The molecule has 4 nitrogen and oxygen atoms in total. The average Bonchev–Trinajstić information content (AvgIpc) is 2.66. The molecule has 1 unspecified atom stereocenters. The highest BCUT2D eigenvalue weighted by Crippen LogP contribution is 2.17. The quantitative estimate of drug-likeness (QED) is 0.707. The largest absolute Gasteiger partial charge is 0.361 e. The van der Waals surface area contributed by atoms with Crippen LogP contribution in [0.5, 0.6) is 0 Å². The second kappa shape index (κ2) is 4.64. The molecule has 2 aliphatic rings. The van der Waals surface area contributed by atoms with E-state index in [0.29, 0.717) is 24.5 Å². The number of rotatable bonds is 2. The summed E-state index contributed by atoms with van der Waals surface area (Å²) in [6, 6.07) is 0.670. The van der Waals surface area contributed by atoms with Crippen molar-refractivity contribution >= 4 is 11.7 Å². The molecule has 0 spiro atoms. The van der Waals surface area contributed by atoms with E-state index >= 15 is 0 Å². The van der Waals surface area contributed by atoms with Crippen LogP contribution in [-0.2, 0) is 4.79 Å². The molecule has 0 aromatic carbocycles. The third-order valence-electron chi connectivity index (χ3n) is 3.06. The molecule has 1 aliphatic carbocycles. The summed E-state index contributed by atoms with van der Waals surface area (Å²) in [5.74, 6) is 0.499. The molecule has 0 radical (unpaired) electrons. The molecule has 4 heteroatoms. The van der Waals surface area contributed by atoms with Crippen molar-refractivity contribution in [2.45, 2.75) is 51.1 Å². The summed E-state index contributed by atoms with van der Waals surface area (Å²) in [4.78, 5) is 15.9. The lowest BCUT2D eigenvalue weighted by Crippen LogP contribution is -2.45. The van der Waals surface area contributed by atoms with Crippen LogP contribution in [0.3, 0.4) is 0 Å². The van der Waals surface area contributed by atoms with Gasteiger partial charge in [-0.1, -0.05) is 19.3 Å². The smallest absolute Gasteiger partial charge is 0.286 e. The second-order valence-corrected chi connectivity index (χ2v) is 4.54. The fourth-order valence-electron chi connectivity index (χ4n) is 2.19. The molecule has 1 fully saturated rings. The van der Waals surface area contributed by atoms with Gasteiger partial charge < -0.3 is 10.6 Å². The van der Waals surface area contributed by atoms with Crippen LogP contribution in [0.4, 0.5) is 0 Å². The fraction of sp³-hybridized carbons (Fsp3) is 0.818. The summed E-state index contributed by atoms with van der Waals surface area (Å²) in [6.07, 6.45) is 6.02. The molecule has 15 heavy (non-hydrogen) atoms. The summed E-state index contributed by atoms with van der Waals surface area (Å²) in [5.41, 5.74) is 0. The van der Waals surface area contributed by atoms with Crippen LogP contribution in [0.1, 0.15) is 39.0 Å². The lowest BCUT2D eigenvalue weighted by molar-refractivity contribution is -0.115. The Morgan fingerprint density at radius 1 is 1.40 bits per heavy atom. The van der Waals surface area contributed by atoms with Crippen molar-refractivity contribution in [3.63, 3.8) is 0 Å². The van der Waals surface area contributed by atoms with E-state index in [2.05, 4.69) is 15.6 Å². The molecule has 0 bridgehead atoms. The highest BCUT2D eigenvalue weighted by Gasteiger charge is 2.22. The third kappa shape index (κ3) is 2.70. The highest BCUT2D eigenvalue weighted by atomic mass is 16.2. The first-order valence-corrected chi connectivity index (χ1v) is 5.87. The van der Waals surface area contributed by atoms with E-state index in [0.717, 1.165) is 12.8 Å². The highest BCUT2D eigenvalue weighted by molar-refractivity contribution is 6.38. The Hall–Kier alpha value is -1.06. The minimum Gasteiger partial charge on any atom is -0.361 e. The molecular weight excluding hydrogens is 190 g/mol. The Balaban J connectivity index is 1.81. The predicted molar refractivity (Wildman–Crippen MR) is 59.9 cm³/mol. The minimum atomic E-state index is -0.0220. The number of carbonyl (C=O) groups excluding carboxylic acids is 1. The first kappa shape index (κ1) is 10.5. The maximum Gasteiger partial charge on any atom is 0.286 e. The van der Waals surface area contributed by atoms with Crippen molar-refractivity contribution < 1.29 is 4.79 Å². The summed E-state index contributed by atoms with van der Waals surface area (Å²) < 4.78 is 0. The molecule has 1 aliphatic heterocycles. The third-order valence-corrected chi connectivity index (χ3v) is 3.06. The number of amidine groups is 1. The van der Waals surface area contributed by atoms with Crippen LogP contribution in [0, 0.1) is 0 Å². The van der Waals surface area contributed by atoms with Gasteiger partial charge in [-0.3, -0.25) is 9.79 Å². The fourth-order valence-corrected chi connectivity index (χ4v) is 2.19. The number of nitrogens with one attached hydrogen (secondary N) is 2. The molecule has 1 heterocycles. The number of aliphatic imine (C=N–C) groups is 1. The van der Waals surface area contributed by atoms with Gasteiger partial charge in [0.05, 0.1) is 6.54 Å². The van der Waals surface area contributed by atoms with Gasteiger partial charge in [0.2, 0.25) is 0 Å². The normalized spacial score (nSPS) is 27.0. The van der Waals surface area contributed by atoms with Crippen LogP contribution in [0.2, 0.25) is 0 Å². The van der Waals surface area contributed by atoms with E-state index < -0.39 is 0 Å². The van der Waals surface area contributed by atoms with E-state index in [4.69, 9.17) is 0 Å². The Kier molecular flexibility index (Phi) is 3.23. The zero-order valence-corrected chi connectivity index (χ0v) is 9.25.